The second-order valence-corrected chi connectivity index (χ2v) is 8.34. The van der Waals surface area contributed by atoms with Crippen LogP contribution in [-0.2, 0) is 13.5 Å². The molecule has 164 valence electrons. The maximum Gasteiger partial charge on any atom is 0.228 e. The summed E-state index contributed by atoms with van der Waals surface area (Å²) >= 11 is 6.15. The van der Waals surface area contributed by atoms with Crippen LogP contribution in [0.1, 0.15) is 17.3 Å². The average molecular weight is 459 g/mol. The molecule has 5 heterocycles. The van der Waals surface area contributed by atoms with Crippen molar-refractivity contribution in [2.24, 2.45) is 7.05 Å². The van der Waals surface area contributed by atoms with Crippen molar-refractivity contribution in [1.82, 2.24) is 34.3 Å². The predicted octanol–water partition coefficient (Wildman–Crippen LogP) is 4.04. The Morgan fingerprint density at radius 3 is 2.91 bits per heavy atom. The number of hydrogen-bond acceptors (Lipinski definition) is 7. The minimum Gasteiger partial charge on any atom is -0.478 e. The Balaban J connectivity index is 1.32. The minimum absolute atomic E-state index is 0.0885. The second-order valence-electron chi connectivity index (χ2n) is 7.91. The van der Waals surface area contributed by atoms with E-state index in [1.165, 1.54) is 0 Å². The number of hydrogen-bond donors (Lipinski definition) is 1. The number of ether oxygens (including phenoxy) is 1. The molecule has 10 heteroatoms. The van der Waals surface area contributed by atoms with Crippen LogP contribution in [0.15, 0.2) is 60.9 Å². The van der Waals surface area contributed by atoms with E-state index in [1.807, 2.05) is 53.9 Å². The highest BCUT2D eigenvalue weighted by Crippen LogP contribution is 2.33. The van der Waals surface area contributed by atoms with E-state index >= 15 is 0 Å². The zero-order valence-electron chi connectivity index (χ0n) is 17.7. The summed E-state index contributed by atoms with van der Waals surface area (Å²) in [6, 6.07) is 15.5. The first kappa shape index (κ1) is 19.7. The lowest BCUT2D eigenvalue weighted by Gasteiger charge is -2.23. The average Bonchev–Trinajstić information content (AvgIpc) is 3.43. The fourth-order valence-electron chi connectivity index (χ4n) is 4.08. The number of aryl methyl sites for hydroxylation is 1. The van der Waals surface area contributed by atoms with E-state index in [-0.39, 0.29) is 5.92 Å². The van der Waals surface area contributed by atoms with Crippen molar-refractivity contribution in [3.63, 3.8) is 0 Å². The van der Waals surface area contributed by atoms with E-state index < -0.39 is 0 Å². The molecule has 1 aliphatic heterocycles. The van der Waals surface area contributed by atoms with Gasteiger partial charge in [-0.2, -0.15) is 5.10 Å². The lowest BCUT2D eigenvalue weighted by Crippen LogP contribution is -2.22. The van der Waals surface area contributed by atoms with Gasteiger partial charge in [0.25, 0.3) is 0 Å². The van der Waals surface area contributed by atoms with Crippen LogP contribution in [0.25, 0.3) is 16.9 Å². The minimum atomic E-state index is 0.0885. The highest BCUT2D eigenvalue weighted by atomic mass is 35.5. The van der Waals surface area contributed by atoms with Crippen LogP contribution < -0.4 is 10.1 Å². The van der Waals surface area contributed by atoms with E-state index in [4.69, 9.17) is 16.3 Å². The molecule has 0 amide bonds. The normalized spacial score (nSPS) is 14.9. The Labute approximate surface area is 194 Å². The maximum absolute atomic E-state index is 6.15. The number of benzene rings is 1. The summed E-state index contributed by atoms with van der Waals surface area (Å²) in [6.07, 6.45) is 4.20. The van der Waals surface area contributed by atoms with Crippen molar-refractivity contribution in [2.45, 2.75) is 12.3 Å². The molecule has 0 aliphatic carbocycles. The fourth-order valence-corrected chi connectivity index (χ4v) is 4.29. The quantitative estimate of drug-likeness (QED) is 0.424. The van der Waals surface area contributed by atoms with Crippen LogP contribution in [0.5, 0.6) is 5.88 Å². The molecule has 0 spiro atoms. The summed E-state index contributed by atoms with van der Waals surface area (Å²) in [5, 5.41) is 17.0. The first-order chi connectivity index (χ1) is 16.1. The van der Waals surface area contributed by atoms with Crippen LogP contribution in [0.4, 0.5) is 11.8 Å². The summed E-state index contributed by atoms with van der Waals surface area (Å²) in [5.74, 6) is 2.96. The number of aromatic nitrogens is 7. The van der Waals surface area contributed by atoms with Gasteiger partial charge in [0.2, 0.25) is 11.8 Å². The van der Waals surface area contributed by atoms with Crippen LogP contribution in [-0.4, -0.2) is 41.0 Å². The first-order valence-electron chi connectivity index (χ1n) is 10.5. The Kier molecular flexibility index (Phi) is 4.69. The van der Waals surface area contributed by atoms with E-state index in [0.717, 1.165) is 39.9 Å². The van der Waals surface area contributed by atoms with Crippen LogP contribution in [0, 0.1) is 0 Å². The molecule has 9 nitrogen and oxygen atoms in total. The molecule has 1 atom stereocenters. The predicted molar refractivity (Wildman–Crippen MR) is 124 cm³/mol. The van der Waals surface area contributed by atoms with Gasteiger partial charge >= 0.3 is 0 Å². The van der Waals surface area contributed by atoms with Crippen LogP contribution in [0.2, 0.25) is 5.02 Å². The molecule has 0 saturated heterocycles. The molecule has 0 radical (unpaired) electrons. The van der Waals surface area contributed by atoms with Crippen molar-refractivity contribution in [2.75, 3.05) is 11.9 Å². The standard InChI is InChI=1S/C23H19ClN8O/c1-31-19(6-8-26-31)28-23-25-7-5-18(27-23)15-11-20-29-30-22-16(13-33-21(12-15)32(20)22)9-14-3-2-4-17(24)10-14/h2-8,10-12,16H,9,13H2,1H3,(H,25,27,28). The largest absolute Gasteiger partial charge is 0.478 e. The molecule has 6 rings (SSSR count). The van der Waals surface area contributed by atoms with Gasteiger partial charge in [0.1, 0.15) is 18.2 Å². The smallest absolute Gasteiger partial charge is 0.228 e. The summed E-state index contributed by atoms with van der Waals surface area (Å²) in [4.78, 5) is 8.98. The van der Waals surface area contributed by atoms with Gasteiger partial charge in [-0.15, -0.1) is 10.2 Å². The Morgan fingerprint density at radius 1 is 1.12 bits per heavy atom. The zero-order chi connectivity index (χ0) is 22.4. The zero-order valence-corrected chi connectivity index (χ0v) is 18.4. The highest BCUT2D eigenvalue weighted by Gasteiger charge is 2.27. The van der Waals surface area contributed by atoms with E-state index in [2.05, 4.69) is 36.6 Å². The topological polar surface area (TPSA) is 95.1 Å². The van der Waals surface area contributed by atoms with Crippen molar-refractivity contribution in [3.8, 4) is 17.1 Å². The van der Waals surface area contributed by atoms with Gasteiger partial charge in [-0.25, -0.2) is 14.4 Å². The van der Waals surface area contributed by atoms with Crippen molar-refractivity contribution in [3.05, 3.63) is 77.3 Å². The van der Waals surface area contributed by atoms with E-state index in [9.17, 15) is 0 Å². The molecule has 0 saturated carbocycles. The maximum atomic E-state index is 6.15. The summed E-state index contributed by atoms with van der Waals surface area (Å²) < 4.78 is 9.83. The summed E-state index contributed by atoms with van der Waals surface area (Å²) in [5.41, 5.74) is 3.48. The lowest BCUT2D eigenvalue weighted by molar-refractivity contribution is 0.245. The summed E-state index contributed by atoms with van der Waals surface area (Å²) in [6.45, 7) is 0.515. The molecule has 1 aromatic carbocycles. The van der Waals surface area contributed by atoms with Gasteiger partial charge in [0.15, 0.2) is 5.65 Å². The molecule has 0 bridgehead atoms. The van der Waals surface area contributed by atoms with Gasteiger partial charge < -0.3 is 10.1 Å². The van der Waals surface area contributed by atoms with E-state index in [1.54, 1.807) is 17.1 Å². The third-order valence-corrected chi connectivity index (χ3v) is 5.91. The molecule has 5 aromatic rings. The van der Waals surface area contributed by atoms with Crippen molar-refractivity contribution in [1.29, 1.82) is 0 Å². The number of anilines is 2. The molecule has 33 heavy (non-hydrogen) atoms. The molecule has 1 N–H and O–H groups in total. The molecular weight excluding hydrogens is 440 g/mol. The Bertz CT molecular complexity index is 1480. The van der Waals surface area contributed by atoms with Gasteiger partial charge in [-0.1, -0.05) is 23.7 Å². The van der Waals surface area contributed by atoms with Crippen molar-refractivity contribution < 1.29 is 4.74 Å². The SMILES string of the molecule is Cn1nccc1Nc1nccc(-c2cc3n4c(nnc4c2)C(Cc2cccc(Cl)c2)CO3)n1. The van der Waals surface area contributed by atoms with Gasteiger partial charge in [0.05, 0.1) is 17.8 Å². The lowest BCUT2D eigenvalue weighted by atomic mass is 9.98. The number of pyridine rings is 1. The second kappa shape index (κ2) is 7.86. The van der Waals surface area contributed by atoms with Gasteiger partial charge in [-0.05, 0) is 36.2 Å². The molecular formula is C23H19ClN8O. The third kappa shape index (κ3) is 3.66. The number of halogens is 1. The van der Waals surface area contributed by atoms with E-state index in [0.29, 0.717) is 24.1 Å². The van der Waals surface area contributed by atoms with Crippen LogP contribution in [0.3, 0.4) is 0 Å². The van der Waals surface area contributed by atoms with Crippen molar-refractivity contribution >= 4 is 29.0 Å². The van der Waals surface area contributed by atoms with Gasteiger partial charge in [0, 0.05) is 36.0 Å². The highest BCUT2D eigenvalue weighted by molar-refractivity contribution is 6.30. The number of nitrogens with one attached hydrogen (secondary N) is 1. The Morgan fingerprint density at radius 2 is 2.06 bits per heavy atom. The number of rotatable bonds is 5. The Hall–Kier alpha value is -3.98. The monoisotopic (exact) mass is 458 g/mol. The molecule has 4 aromatic heterocycles. The molecule has 0 fully saturated rings. The fraction of sp³-hybridized carbons (Fsp3) is 0.174. The van der Waals surface area contributed by atoms with Gasteiger partial charge in [-0.3, -0.25) is 4.68 Å². The first-order valence-corrected chi connectivity index (χ1v) is 10.9. The van der Waals surface area contributed by atoms with Crippen LogP contribution >= 0.6 is 11.6 Å². The summed E-state index contributed by atoms with van der Waals surface area (Å²) in [7, 11) is 1.85. The molecule has 1 aliphatic rings. The third-order valence-electron chi connectivity index (χ3n) is 5.68. The number of nitrogens with zero attached hydrogens (tertiary/aromatic N) is 7. The molecule has 1 unspecified atom stereocenters.